The second-order valence-electron chi connectivity index (χ2n) is 5.86. The van der Waals surface area contributed by atoms with E-state index in [-0.39, 0.29) is 12.4 Å². The topological polar surface area (TPSA) is 82.4 Å². The maximum atomic E-state index is 13.0. The Kier molecular flexibility index (Phi) is 5.69. The predicted molar refractivity (Wildman–Crippen MR) is 102 cm³/mol. The molecule has 1 N–H and O–H groups in total. The number of aromatic nitrogens is 2. The summed E-state index contributed by atoms with van der Waals surface area (Å²) in [6.45, 7) is -0.226. The monoisotopic (exact) mass is 383 g/mol. The minimum absolute atomic E-state index is 0.226. The number of benzene rings is 2. The third kappa shape index (κ3) is 4.35. The van der Waals surface area contributed by atoms with E-state index in [4.69, 9.17) is 9.47 Å². The highest BCUT2D eigenvalue weighted by atomic mass is 19.1. The summed E-state index contributed by atoms with van der Waals surface area (Å²) in [6.07, 6.45) is 1.28. The summed E-state index contributed by atoms with van der Waals surface area (Å²) in [5.41, 5.74) is 1.03. The summed E-state index contributed by atoms with van der Waals surface area (Å²) in [5.74, 6) is 0.219. The Balaban J connectivity index is 1.76. The first kappa shape index (κ1) is 19.1. The molecule has 1 amide bonds. The number of nitrogens with one attached hydrogen (secondary N) is 1. The normalized spacial score (nSPS) is 10.4. The number of hydrogen-bond donors (Lipinski definition) is 1. The number of halogens is 1. The average molecular weight is 383 g/mol. The molecule has 1 aromatic heterocycles. The number of ether oxygens (including phenoxy) is 2. The molecule has 0 aliphatic rings. The van der Waals surface area contributed by atoms with Crippen molar-refractivity contribution in [2.45, 2.75) is 6.54 Å². The lowest BCUT2D eigenvalue weighted by atomic mass is 10.1. The fourth-order valence-corrected chi connectivity index (χ4v) is 2.58. The molecule has 7 nitrogen and oxygen atoms in total. The molecule has 0 spiro atoms. The highest BCUT2D eigenvalue weighted by Crippen LogP contribution is 2.28. The van der Waals surface area contributed by atoms with Gasteiger partial charge >= 0.3 is 0 Å². The molecule has 0 saturated heterocycles. The van der Waals surface area contributed by atoms with Gasteiger partial charge in [0, 0.05) is 17.7 Å². The van der Waals surface area contributed by atoms with Gasteiger partial charge in [0.2, 0.25) is 5.91 Å². The lowest BCUT2D eigenvalue weighted by molar-refractivity contribution is -0.116. The number of carbonyl (C=O) groups is 1. The van der Waals surface area contributed by atoms with Crippen molar-refractivity contribution in [1.82, 2.24) is 9.55 Å². The van der Waals surface area contributed by atoms with E-state index in [1.165, 1.54) is 55.4 Å². The van der Waals surface area contributed by atoms with Crippen LogP contribution in [-0.4, -0.2) is 29.7 Å². The van der Waals surface area contributed by atoms with Crippen LogP contribution in [0.4, 0.5) is 10.1 Å². The maximum absolute atomic E-state index is 13.0. The smallest absolute Gasteiger partial charge is 0.254 e. The summed E-state index contributed by atoms with van der Waals surface area (Å²) in [4.78, 5) is 28.9. The average Bonchev–Trinajstić information content (AvgIpc) is 2.70. The summed E-state index contributed by atoms with van der Waals surface area (Å²) in [5, 5.41) is 2.69. The molecule has 144 valence electrons. The lowest BCUT2D eigenvalue weighted by Gasteiger charge is -2.12. The molecule has 1 heterocycles. The van der Waals surface area contributed by atoms with Crippen LogP contribution in [0.15, 0.2) is 59.7 Å². The second-order valence-corrected chi connectivity index (χ2v) is 5.86. The van der Waals surface area contributed by atoms with Crippen LogP contribution in [-0.2, 0) is 11.3 Å². The van der Waals surface area contributed by atoms with Crippen molar-refractivity contribution in [2.75, 3.05) is 19.5 Å². The van der Waals surface area contributed by atoms with Gasteiger partial charge in [0.15, 0.2) is 0 Å². The Labute approximate surface area is 160 Å². The summed E-state index contributed by atoms with van der Waals surface area (Å²) >= 11 is 0. The molecule has 2 aromatic carbocycles. The van der Waals surface area contributed by atoms with Crippen LogP contribution < -0.4 is 20.3 Å². The molecule has 8 heteroatoms. The van der Waals surface area contributed by atoms with E-state index < -0.39 is 11.5 Å². The fourth-order valence-electron chi connectivity index (χ4n) is 2.58. The molecule has 0 unspecified atom stereocenters. The Hall–Kier alpha value is -3.68. The van der Waals surface area contributed by atoms with Gasteiger partial charge in [-0.2, -0.15) is 0 Å². The zero-order chi connectivity index (χ0) is 20.1. The van der Waals surface area contributed by atoms with E-state index in [1.807, 2.05) is 0 Å². The molecule has 3 aromatic rings. The van der Waals surface area contributed by atoms with Gasteiger partial charge in [-0.15, -0.1) is 0 Å². The first-order chi connectivity index (χ1) is 13.5. The Morgan fingerprint density at radius 1 is 1.11 bits per heavy atom. The van der Waals surface area contributed by atoms with Crippen LogP contribution in [0.2, 0.25) is 0 Å². The van der Waals surface area contributed by atoms with Gasteiger partial charge in [0.25, 0.3) is 5.56 Å². The van der Waals surface area contributed by atoms with E-state index in [9.17, 15) is 14.0 Å². The van der Waals surface area contributed by atoms with Crippen LogP contribution >= 0.6 is 0 Å². The number of anilines is 1. The lowest BCUT2D eigenvalue weighted by Crippen LogP contribution is -2.27. The van der Waals surface area contributed by atoms with Crippen molar-refractivity contribution in [2.24, 2.45) is 0 Å². The van der Waals surface area contributed by atoms with E-state index in [0.717, 1.165) is 0 Å². The molecule has 3 rings (SSSR count). The third-order valence-electron chi connectivity index (χ3n) is 4.01. The van der Waals surface area contributed by atoms with E-state index in [2.05, 4.69) is 10.3 Å². The van der Waals surface area contributed by atoms with Gasteiger partial charge in [-0.05, 0) is 36.4 Å². The number of hydrogen-bond acceptors (Lipinski definition) is 5. The largest absolute Gasteiger partial charge is 0.497 e. The molecule has 28 heavy (non-hydrogen) atoms. The standard InChI is InChI=1S/C20H18FN3O4/c1-27-15-7-8-18(28-2)17(9-15)23-19(25)11-24-12-22-16(10-20(24)26)13-3-5-14(21)6-4-13/h3-10,12H,11H2,1-2H3,(H,23,25). The molecule has 0 aliphatic heterocycles. The SMILES string of the molecule is COc1ccc(OC)c(NC(=O)Cn2cnc(-c3ccc(F)cc3)cc2=O)c1. The quantitative estimate of drug-likeness (QED) is 0.708. The summed E-state index contributed by atoms with van der Waals surface area (Å²) in [7, 11) is 3.00. The first-order valence-corrected chi connectivity index (χ1v) is 8.34. The minimum Gasteiger partial charge on any atom is -0.497 e. The zero-order valence-electron chi connectivity index (χ0n) is 15.3. The summed E-state index contributed by atoms with van der Waals surface area (Å²) < 4.78 is 24.6. The number of nitrogens with zero attached hydrogens (tertiary/aromatic N) is 2. The van der Waals surface area contributed by atoms with Crippen LogP contribution in [0.25, 0.3) is 11.3 Å². The maximum Gasteiger partial charge on any atom is 0.254 e. The van der Waals surface area contributed by atoms with Crippen molar-refractivity contribution < 1.29 is 18.7 Å². The van der Waals surface area contributed by atoms with Crippen LogP contribution in [0.5, 0.6) is 11.5 Å². The Morgan fingerprint density at radius 2 is 1.86 bits per heavy atom. The molecule has 0 saturated carbocycles. The second kappa shape index (κ2) is 8.34. The first-order valence-electron chi connectivity index (χ1n) is 8.34. The molecule has 0 bridgehead atoms. The van der Waals surface area contributed by atoms with E-state index in [0.29, 0.717) is 28.4 Å². The summed E-state index contributed by atoms with van der Waals surface area (Å²) in [6, 6.07) is 11.9. The van der Waals surface area contributed by atoms with Crippen molar-refractivity contribution in [1.29, 1.82) is 0 Å². The van der Waals surface area contributed by atoms with Crippen molar-refractivity contribution in [3.05, 3.63) is 71.0 Å². The fraction of sp³-hybridized carbons (Fsp3) is 0.150. The third-order valence-corrected chi connectivity index (χ3v) is 4.01. The Bertz CT molecular complexity index is 1050. The molecule has 0 atom stereocenters. The van der Waals surface area contributed by atoms with Crippen molar-refractivity contribution in [3.63, 3.8) is 0 Å². The van der Waals surface area contributed by atoms with E-state index >= 15 is 0 Å². The van der Waals surface area contributed by atoms with Crippen LogP contribution in [0.1, 0.15) is 0 Å². The minimum atomic E-state index is -0.426. The molecular weight excluding hydrogens is 365 g/mol. The van der Waals surface area contributed by atoms with Gasteiger partial charge in [-0.1, -0.05) is 0 Å². The molecular formula is C20H18FN3O4. The number of methoxy groups -OCH3 is 2. The van der Waals surface area contributed by atoms with Gasteiger partial charge in [-0.25, -0.2) is 9.37 Å². The highest BCUT2D eigenvalue weighted by Gasteiger charge is 2.11. The van der Waals surface area contributed by atoms with Gasteiger partial charge in [-0.3, -0.25) is 14.2 Å². The molecule has 0 radical (unpaired) electrons. The molecule has 0 fully saturated rings. The number of carbonyl (C=O) groups excluding carboxylic acids is 1. The van der Waals surface area contributed by atoms with Gasteiger partial charge in [0.05, 0.1) is 31.9 Å². The van der Waals surface area contributed by atoms with Crippen molar-refractivity contribution >= 4 is 11.6 Å². The Morgan fingerprint density at radius 3 is 2.50 bits per heavy atom. The van der Waals surface area contributed by atoms with Gasteiger partial charge in [0.1, 0.15) is 23.9 Å². The zero-order valence-corrected chi connectivity index (χ0v) is 15.3. The number of amides is 1. The van der Waals surface area contributed by atoms with E-state index in [1.54, 1.807) is 18.2 Å². The van der Waals surface area contributed by atoms with Gasteiger partial charge < -0.3 is 14.8 Å². The van der Waals surface area contributed by atoms with Crippen LogP contribution in [0, 0.1) is 5.82 Å². The number of rotatable bonds is 6. The van der Waals surface area contributed by atoms with Crippen molar-refractivity contribution in [3.8, 4) is 22.8 Å². The van der Waals surface area contributed by atoms with Crippen LogP contribution in [0.3, 0.4) is 0 Å². The highest BCUT2D eigenvalue weighted by molar-refractivity contribution is 5.92. The predicted octanol–water partition coefficient (Wildman–Crippen LogP) is 2.71. The molecule has 0 aliphatic carbocycles.